The van der Waals surface area contributed by atoms with Crippen molar-refractivity contribution in [3.05, 3.63) is 52.8 Å². The minimum atomic E-state index is 0. The molecule has 136 valence electrons. The van der Waals surface area contributed by atoms with Crippen LogP contribution in [0.4, 0.5) is 5.69 Å². The van der Waals surface area contributed by atoms with Gasteiger partial charge >= 0.3 is 0 Å². The maximum atomic E-state index is 6.01. The number of nitrogens with one attached hydrogen (secondary N) is 1. The summed E-state index contributed by atoms with van der Waals surface area (Å²) in [6.07, 6.45) is 1.79. The minimum Gasteiger partial charge on any atom is -0.496 e. The fourth-order valence-corrected chi connectivity index (χ4v) is 2.49. The first-order valence-corrected chi connectivity index (χ1v) is 7.69. The van der Waals surface area contributed by atoms with Gasteiger partial charge in [-0.1, -0.05) is 18.2 Å². The zero-order chi connectivity index (χ0) is 17.5. The Morgan fingerprint density at radius 3 is 2.64 bits per heavy atom. The highest BCUT2D eigenvalue weighted by atomic mass is 127. The Bertz CT molecular complexity index is 735. The number of aryl methyl sites for hydroxylation is 1. The third kappa shape index (κ3) is 5.57. The van der Waals surface area contributed by atoms with Crippen LogP contribution in [-0.2, 0) is 17.9 Å². The van der Waals surface area contributed by atoms with E-state index in [1.165, 1.54) is 0 Å². The Kier molecular flexibility index (Phi) is 8.64. The number of aromatic nitrogens is 1. The van der Waals surface area contributed by atoms with Gasteiger partial charge in [-0.25, -0.2) is 4.99 Å². The van der Waals surface area contributed by atoms with Crippen LogP contribution in [0.25, 0.3) is 0 Å². The smallest absolute Gasteiger partial charge is 0.193 e. The standard InChI is InChI=1S/C18H24N4O2.HI/c1-12-9-20-16(13(2)17(12)24-4)10-21-18(19)22-15-8-6-5-7-14(15)11-23-3;/h5-9H,10-11H2,1-4H3,(H3,19,21,22);1H. The molecule has 0 saturated heterocycles. The highest BCUT2D eigenvalue weighted by molar-refractivity contribution is 14.0. The lowest BCUT2D eigenvalue weighted by Gasteiger charge is -2.12. The van der Waals surface area contributed by atoms with Crippen molar-refractivity contribution < 1.29 is 9.47 Å². The second kappa shape index (κ2) is 10.2. The molecule has 1 aromatic heterocycles. The lowest BCUT2D eigenvalue weighted by Crippen LogP contribution is -2.23. The topological polar surface area (TPSA) is 81.8 Å². The zero-order valence-corrected chi connectivity index (χ0v) is 17.3. The minimum absolute atomic E-state index is 0. The molecular weight excluding hydrogens is 431 g/mol. The monoisotopic (exact) mass is 456 g/mol. The quantitative estimate of drug-likeness (QED) is 0.396. The fraction of sp³-hybridized carbons (Fsp3) is 0.333. The van der Waals surface area contributed by atoms with Crippen molar-refractivity contribution in [1.29, 1.82) is 0 Å². The zero-order valence-electron chi connectivity index (χ0n) is 15.0. The van der Waals surface area contributed by atoms with Crippen LogP contribution in [0.15, 0.2) is 35.5 Å². The third-order valence-electron chi connectivity index (χ3n) is 3.73. The average molecular weight is 456 g/mol. The number of rotatable bonds is 6. The molecule has 6 nitrogen and oxygen atoms in total. The van der Waals surface area contributed by atoms with Crippen molar-refractivity contribution in [2.45, 2.75) is 27.0 Å². The number of aliphatic imine (C=N–C) groups is 1. The van der Waals surface area contributed by atoms with Gasteiger partial charge in [0.2, 0.25) is 0 Å². The maximum Gasteiger partial charge on any atom is 0.193 e. The van der Waals surface area contributed by atoms with Gasteiger partial charge in [-0.3, -0.25) is 4.98 Å². The van der Waals surface area contributed by atoms with E-state index in [4.69, 9.17) is 15.2 Å². The van der Waals surface area contributed by atoms with Crippen molar-refractivity contribution in [2.75, 3.05) is 19.5 Å². The first kappa shape index (κ1) is 21.2. The van der Waals surface area contributed by atoms with Crippen molar-refractivity contribution >= 4 is 35.6 Å². The van der Waals surface area contributed by atoms with E-state index in [-0.39, 0.29) is 24.0 Å². The van der Waals surface area contributed by atoms with Gasteiger partial charge < -0.3 is 20.5 Å². The molecule has 2 rings (SSSR count). The summed E-state index contributed by atoms with van der Waals surface area (Å²) < 4.78 is 10.6. The maximum absolute atomic E-state index is 6.01. The summed E-state index contributed by atoms with van der Waals surface area (Å²) >= 11 is 0. The lowest BCUT2D eigenvalue weighted by atomic mass is 10.1. The lowest BCUT2D eigenvalue weighted by molar-refractivity contribution is 0.185. The molecule has 7 heteroatoms. The van der Waals surface area contributed by atoms with E-state index in [2.05, 4.69) is 15.3 Å². The molecule has 0 saturated carbocycles. The largest absolute Gasteiger partial charge is 0.496 e. The van der Waals surface area contributed by atoms with Crippen molar-refractivity contribution in [2.24, 2.45) is 10.7 Å². The van der Waals surface area contributed by atoms with Crippen LogP contribution in [-0.4, -0.2) is 25.2 Å². The molecular formula is C18H25IN4O2. The summed E-state index contributed by atoms with van der Waals surface area (Å²) in [5, 5.41) is 3.11. The number of para-hydroxylation sites is 1. The van der Waals surface area contributed by atoms with Gasteiger partial charge in [0.25, 0.3) is 0 Å². The fourth-order valence-electron chi connectivity index (χ4n) is 2.49. The molecule has 3 N–H and O–H groups in total. The number of pyridine rings is 1. The Hall–Kier alpha value is -1.87. The highest BCUT2D eigenvalue weighted by Crippen LogP contribution is 2.24. The molecule has 1 aromatic carbocycles. The second-order valence-electron chi connectivity index (χ2n) is 5.46. The summed E-state index contributed by atoms with van der Waals surface area (Å²) in [6.45, 7) is 4.83. The van der Waals surface area contributed by atoms with E-state index in [0.717, 1.165) is 33.8 Å². The Labute approximate surface area is 165 Å². The first-order chi connectivity index (χ1) is 11.6. The van der Waals surface area contributed by atoms with Crippen LogP contribution in [0.2, 0.25) is 0 Å². The van der Waals surface area contributed by atoms with Gasteiger partial charge in [0.05, 0.1) is 26.0 Å². The van der Waals surface area contributed by atoms with Gasteiger partial charge in [-0.05, 0) is 19.9 Å². The molecule has 0 unspecified atom stereocenters. The number of anilines is 1. The molecule has 0 amide bonds. The van der Waals surface area contributed by atoms with Crippen LogP contribution >= 0.6 is 24.0 Å². The molecule has 0 atom stereocenters. The number of halogens is 1. The predicted octanol–water partition coefficient (Wildman–Crippen LogP) is 3.40. The van der Waals surface area contributed by atoms with Crippen molar-refractivity contribution in [1.82, 2.24) is 4.98 Å². The van der Waals surface area contributed by atoms with Crippen LogP contribution in [0.3, 0.4) is 0 Å². The van der Waals surface area contributed by atoms with E-state index in [9.17, 15) is 0 Å². The van der Waals surface area contributed by atoms with Crippen LogP contribution in [0.1, 0.15) is 22.4 Å². The first-order valence-electron chi connectivity index (χ1n) is 7.69. The molecule has 1 heterocycles. The SMILES string of the molecule is COCc1ccccc1NC(N)=NCc1ncc(C)c(OC)c1C.I. The summed E-state index contributed by atoms with van der Waals surface area (Å²) in [5.74, 6) is 1.17. The Morgan fingerprint density at radius 1 is 1.24 bits per heavy atom. The van der Waals surface area contributed by atoms with Crippen molar-refractivity contribution in [3.8, 4) is 5.75 Å². The molecule has 0 spiro atoms. The van der Waals surface area contributed by atoms with E-state index in [1.54, 1.807) is 20.4 Å². The van der Waals surface area contributed by atoms with E-state index in [0.29, 0.717) is 19.1 Å². The summed E-state index contributed by atoms with van der Waals surface area (Å²) in [7, 11) is 3.32. The third-order valence-corrected chi connectivity index (χ3v) is 3.73. The Morgan fingerprint density at radius 2 is 1.96 bits per heavy atom. The number of hydrogen-bond acceptors (Lipinski definition) is 4. The number of nitrogens with two attached hydrogens (primary N) is 1. The van der Waals surface area contributed by atoms with E-state index in [1.807, 2.05) is 38.1 Å². The normalized spacial score (nSPS) is 11.0. The summed E-state index contributed by atoms with van der Waals surface area (Å²) in [5.41, 5.74) is 10.7. The Balaban J connectivity index is 0.00000312. The number of hydrogen-bond donors (Lipinski definition) is 2. The van der Waals surface area contributed by atoms with Gasteiger partial charge in [0.1, 0.15) is 5.75 Å². The number of nitrogens with zero attached hydrogens (tertiary/aromatic N) is 2. The highest BCUT2D eigenvalue weighted by Gasteiger charge is 2.09. The van der Waals surface area contributed by atoms with E-state index >= 15 is 0 Å². The van der Waals surface area contributed by atoms with Gasteiger partial charge in [0.15, 0.2) is 5.96 Å². The number of ether oxygens (including phenoxy) is 2. The van der Waals surface area contributed by atoms with Gasteiger partial charge in [-0.2, -0.15) is 0 Å². The average Bonchev–Trinajstić information content (AvgIpc) is 2.56. The van der Waals surface area contributed by atoms with Gasteiger partial charge in [-0.15, -0.1) is 24.0 Å². The molecule has 0 aliphatic rings. The molecule has 0 aliphatic carbocycles. The number of guanidine groups is 1. The molecule has 0 aliphatic heterocycles. The molecule has 0 radical (unpaired) electrons. The predicted molar refractivity (Wildman–Crippen MR) is 112 cm³/mol. The summed E-state index contributed by atoms with van der Waals surface area (Å²) in [4.78, 5) is 8.80. The second-order valence-corrected chi connectivity index (χ2v) is 5.46. The van der Waals surface area contributed by atoms with E-state index < -0.39 is 0 Å². The van der Waals surface area contributed by atoms with Gasteiger partial charge in [0, 0.05) is 35.7 Å². The molecule has 0 fully saturated rings. The molecule has 0 bridgehead atoms. The van der Waals surface area contributed by atoms with Crippen LogP contribution in [0, 0.1) is 13.8 Å². The van der Waals surface area contributed by atoms with Crippen LogP contribution < -0.4 is 15.8 Å². The molecule has 25 heavy (non-hydrogen) atoms. The number of methoxy groups -OCH3 is 2. The van der Waals surface area contributed by atoms with Crippen LogP contribution in [0.5, 0.6) is 5.75 Å². The molecule has 2 aromatic rings. The summed E-state index contributed by atoms with van der Waals surface area (Å²) in [6, 6.07) is 7.81. The van der Waals surface area contributed by atoms with Crippen molar-refractivity contribution in [3.63, 3.8) is 0 Å². The number of benzene rings is 1.